The van der Waals surface area contributed by atoms with E-state index in [2.05, 4.69) is 85.5 Å². The van der Waals surface area contributed by atoms with Crippen molar-refractivity contribution in [1.82, 2.24) is 12.2 Å². The molecule has 0 amide bonds. The summed E-state index contributed by atoms with van der Waals surface area (Å²) < 4.78 is 6.36. The van der Waals surface area contributed by atoms with Crippen LogP contribution >= 0.6 is 0 Å². The van der Waals surface area contributed by atoms with E-state index in [-0.39, 0.29) is 5.54 Å². The van der Waals surface area contributed by atoms with Crippen molar-refractivity contribution < 1.29 is 17.8 Å². The molecule has 1 N–H and O–H groups in total. The molecular weight excluding hydrogens is 318 g/mol. The molecule has 0 spiro atoms. The van der Waals surface area contributed by atoms with Gasteiger partial charge in [-0.1, -0.05) is 0 Å². The first-order valence-electron chi connectivity index (χ1n) is 6.65. The van der Waals surface area contributed by atoms with E-state index in [0.29, 0.717) is 0 Å². The molecule has 1 aliphatic carbocycles. The third-order valence-corrected chi connectivity index (χ3v) is 7.93. The second kappa shape index (κ2) is 6.99. The summed E-state index contributed by atoms with van der Waals surface area (Å²) >= 11 is -1.55. The molecule has 0 aromatic carbocycles. The predicted octanol–water partition coefficient (Wildman–Crippen LogP) is 2.33. The quantitative estimate of drug-likeness (QED) is 0.771. The normalized spacial score (nSPS) is 18.2. The molecule has 0 aromatic rings. The Balaban J connectivity index is 2.77. The van der Waals surface area contributed by atoms with E-state index in [4.69, 9.17) is 0 Å². The molecule has 1 aliphatic rings. The average Bonchev–Trinajstić information content (AvgIpc) is 2.63. The van der Waals surface area contributed by atoms with Gasteiger partial charge in [-0.2, -0.15) is 0 Å². The van der Waals surface area contributed by atoms with E-state index in [1.165, 1.54) is 9.54 Å². The number of nitrogens with one attached hydrogen (secondary N) is 1. The Bertz CT molecular complexity index is 379. The SMILES string of the molecule is C[N](C)[Mo]([C]1=CC=CC1=CCNC(C)(C)C)[N](C)C. The van der Waals surface area contributed by atoms with Crippen LogP contribution in [0.5, 0.6) is 0 Å². The van der Waals surface area contributed by atoms with E-state index in [1.54, 1.807) is 0 Å². The Kier molecular flexibility index (Phi) is 6.19. The first kappa shape index (κ1) is 16.8. The van der Waals surface area contributed by atoms with Crippen molar-refractivity contribution >= 4 is 0 Å². The second-order valence-corrected chi connectivity index (χ2v) is 12.0. The topological polar surface area (TPSA) is 18.5 Å². The van der Waals surface area contributed by atoms with Gasteiger partial charge in [0.05, 0.1) is 0 Å². The monoisotopic (exact) mass is 348 g/mol. The van der Waals surface area contributed by atoms with Gasteiger partial charge in [-0.3, -0.25) is 0 Å². The molecule has 0 saturated heterocycles. The molecule has 0 fully saturated rings. The fraction of sp³-hybridized carbons (Fsp3) is 0.600. The van der Waals surface area contributed by atoms with Crippen molar-refractivity contribution in [3.63, 3.8) is 0 Å². The summed E-state index contributed by atoms with van der Waals surface area (Å²) in [5, 5.41) is 3.52. The minimum absolute atomic E-state index is 0.172. The van der Waals surface area contributed by atoms with E-state index in [9.17, 15) is 0 Å². The van der Waals surface area contributed by atoms with Crippen LogP contribution in [-0.4, -0.2) is 47.2 Å². The van der Waals surface area contributed by atoms with Crippen LogP contribution < -0.4 is 5.32 Å². The van der Waals surface area contributed by atoms with Crippen LogP contribution in [0.25, 0.3) is 0 Å². The summed E-state index contributed by atoms with van der Waals surface area (Å²) in [4.78, 5) is 0. The van der Waals surface area contributed by atoms with Crippen molar-refractivity contribution in [2.24, 2.45) is 0 Å². The van der Waals surface area contributed by atoms with Gasteiger partial charge >= 0.3 is 125 Å². The molecule has 0 heterocycles. The molecule has 19 heavy (non-hydrogen) atoms. The van der Waals surface area contributed by atoms with Gasteiger partial charge in [0.15, 0.2) is 0 Å². The van der Waals surface area contributed by atoms with Crippen molar-refractivity contribution in [2.45, 2.75) is 26.3 Å². The molecule has 109 valence electrons. The van der Waals surface area contributed by atoms with Crippen LogP contribution in [0.15, 0.2) is 33.8 Å². The van der Waals surface area contributed by atoms with Gasteiger partial charge in [0.1, 0.15) is 0 Å². The van der Waals surface area contributed by atoms with Gasteiger partial charge in [0.25, 0.3) is 0 Å². The van der Waals surface area contributed by atoms with Gasteiger partial charge < -0.3 is 0 Å². The zero-order valence-electron chi connectivity index (χ0n) is 13.3. The van der Waals surface area contributed by atoms with Gasteiger partial charge in [-0.15, -0.1) is 0 Å². The maximum atomic E-state index is 3.52. The maximum absolute atomic E-state index is 3.52. The van der Waals surface area contributed by atoms with Crippen molar-refractivity contribution in [3.05, 3.63) is 33.8 Å². The van der Waals surface area contributed by atoms with Crippen LogP contribution in [0, 0.1) is 0 Å². The summed E-state index contributed by atoms with van der Waals surface area (Å²) in [6.07, 6.45) is 9.03. The molecule has 0 bridgehead atoms. The summed E-state index contributed by atoms with van der Waals surface area (Å²) in [5.74, 6) is 0. The van der Waals surface area contributed by atoms with Crippen LogP contribution in [0.1, 0.15) is 20.8 Å². The predicted molar refractivity (Wildman–Crippen MR) is 80.4 cm³/mol. The number of nitrogens with zero attached hydrogens (tertiary/aromatic N) is 2. The molecule has 1 rings (SSSR count). The molecule has 0 radical (unpaired) electrons. The summed E-state index contributed by atoms with van der Waals surface area (Å²) in [5.41, 5.74) is 1.57. The second-order valence-electron chi connectivity index (χ2n) is 6.07. The Labute approximate surface area is 125 Å². The first-order chi connectivity index (χ1) is 8.72. The van der Waals surface area contributed by atoms with E-state index >= 15 is 0 Å². The minimum atomic E-state index is -1.55. The summed E-state index contributed by atoms with van der Waals surface area (Å²) in [6.45, 7) is 7.53. The van der Waals surface area contributed by atoms with Crippen LogP contribution in [0.4, 0.5) is 0 Å². The molecule has 4 heteroatoms. The van der Waals surface area contributed by atoms with E-state index in [0.717, 1.165) is 6.54 Å². The van der Waals surface area contributed by atoms with Crippen molar-refractivity contribution in [3.8, 4) is 0 Å². The number of allylic oxidation sites excluding steroid dienone is 5. The number of hydrogen-bond donors (Lipinski definition) is 1. The van der Waals surface area contributed by atoms with E-state index < -0.39 is 17.8 Å². The number of rotatable bonds is 5. The molecular formula is C15H28MoN3. The van der Waals surface area contributed by atoms with Gasteiger partial charge in [0.2, 0.25) is 0 Å². The Morgan fingerprint density at radius 2 is 1.74 bits per heavy atom. The zero-order valence-corrected chi connectivity index (χ0v) is 15.3. The van der Waals surface area contributed by atoms with Crippen molar-refractivity contribution in [2.75, 3.05) is 34.7 Å². The number of hydrogen-bond acceptors (Lipinski definition) is 3. The fourth-order valence-electron chi connectivity index (χ4n) is 1.94. The first-order valence-corrected chi connectivity index (χ1v) is 9.45. The summed E-state index contributed by atoms with van der Waals surface area (Å²) in [6, 6.07) is 0. The Morgan fingerprint density at radius 1 is 1.16 bits per heavy atom. The standard InChI is InChI=1S/C11H16N.2C2H6N.Mo/c1-11(2,3)12-9-8-10-6-4-5-7-10;2*1-3-2;/h4-6,8,12H,9H2,1-3H3;2*1-2H3;/q;2*-1;+2. The molecule has 0 unspecified atom stereocenters. The van der Waals surface area contributed by atoms with Crippen molar-refractivity contribution in [1.29, 1.82) is 0 Å². The van der Waals surface area contributed by atoms with E-state index in [1.807, 2.05) is 0 Å². The van der Waals surface area contributed by atoms with Gasteiger partial charge in [-0.25, -0.2) is 0 Å². The fourth-order valence-corrected chi connectivity index (χ4v) is 6.86. The molecule has 0 aromatic heterocycles. The average molecular weight is 346 g/mol. The van der Waals surface area contributed by atoms with Crippen LogP contribution in [-0.2, 0) is 17.8 Å². The van der Waals surface area contributed by atoms with Gasteiger partial charge in [-0.05, 0) is 0 Å². The van der Waals surface area contributed by atoms with Gasteiger partial charge in [0, 0.05) is 0 Å². The van der Waals surface area contributed by atoms with Crippen LogP contribution in [0.3, 0.4) is 0 Å². The molecule has 0 atom stereocenters. The zero-order chi connectivity index (χ0) is 14.6. The molecule has 0 aliphatic heterocycles. The van der Waals surface area contributed by atoms with Crippen LogP contribution in [0.2, 0.25) is 0 Å². The molecule has 0 saturated carbocycles. The Hall–Kier alpha value is -0.212. The molecule has 3 nitrogen and oxygen atoms in total. The third kappa shape index (κ3) is 5.35. The third-order valence-electron chi connectivity index (χ3n) is 2.65. The Morgan fingerprint density at radius 3 is 2.21 bits per heavy atom. The summed E-state index contributed by atoms with van der Waals surface area (Å²) in [7, 11) is 8.78.